The summed E-state index contributed by atoms with van der Waals surface area (Å²) in [6.45, 7) is 3.75. The van der Waals surface area contributed by atoms with Crippen LogP contribution in [0.3, 0.4) is 0 Å². The number of nitrogens with zero attached hydrogens (tertiary/aromatic N) is 4. The molecule has 2 aromatic heterocycles. The quantitative estimate of drug-likeness (QED) is 0.619. The molecule has 0 spiro atoms. The zero-order chi connectivity index (χ0) is 16.9. The molecule has 2 aliphatic heterocycles. The summed E-state index contributed by atoms with van der Waals surface area (Å²) >= 11 is 4.35. The van der Waals surface area contributed by atoms with Crippen molar-refractivity contribution in [2.75, 3.05) is 11.1 Å². The van der Waals surface area contributed by atoms with Gasteiger partial charge in [0.1, 0.15) is 18.5 Å². The van der Waals surface area contributed by atoms with E-state index in [2.05, 4.69) is 32.9 Å². The molecule has 0 saturated carbocycles. The second-order valence-electron chi connectivity index (χ2n) is 6.12. The molecular formula is C14H17N5O4S. The van der Waals surface area contributed by atoms with Gasteiger partial charge in [0.15, 0.2) is 29.0 Å². The molecule has 2 aromatic rings. The van der Waals surface area contributed by atoms with Crippen molar-refractivity contribution in [3.63, 3.8) is 0 Å². The van der Waals surface area contributed by atoms with Crippen LogP contribution < -0.4 is 5.32 Å². The Hall–Kier alpha value is -1.75. The summed E-state index contributed by atoms with van der Waals surface area (Å²) in [6, 6.07) is 0. The van der Waals surface area contributed by atoms with Crippen LogP contribution >= 0.6 is 12.6 Å². The van der Waals surface area contributed by atoms with Crippen LogP contribution in [0, 0.1) is 0 Å². The Kier molecular flexibility index (Phi) is 3.71. The highest BCUT2D eigenvalue weighted by molar-refractivity contribution is 7.80. The fourth-order valence-electron chi connectivity index (χ4n) is 3.23. The molecule has 0 aromatic carbocycles. The maximum absolute atomic E-state index is 10.7. The molecule has 10 heteroatoms. The van der Waals surface area contributed by atoms with Crippen molar-refractivity contribution >= 4 is 36.0 Å². The van der Waals surface area contributed by atoms with Crippen LogP contribution in [0.5, 0.6) is 0 Å². The van der Waals surface area contributed by atoms with E-state index in [4.69, 9.17) is 14.2 Å². The predicted molar refractivity (Wildman–Crippen MR) is 86.6 cm³/mol. The average Bonchev–Trinajstić information content (AvgIpc) is 3.18. The van der Waals surface area contributed by atoms with Crippen molar-refractivity contribution in [2.24, 2.45) is 0 Å². The molecule has 9 nitrogen and oxygen atoms in total. The number of hydrogen-bond acceptors (Lipinski definition) is 8. The molecule has 1 amide bonds. The molecule has 128 valence electrons. The number of imidazole rings is 1. The van der Waals surface area contributed by atoms with E-state index >= 15 is 0 Å². The molecule has 0 radical (unpaired) electrons. The molecular weight excluding hydrogens is 334 g/mol. The lowest BCUT2D eigenvalue weighted by Crippen LogP contribution is -2.30. The van der Waals surface area contributed by atoms with Gasteiger partial charge in [-0.05, 0) is 13.8 Å². The van der Waals surface area contributed by atoms with E-state index in [1.54, 1.807) is 10.9 Å². The molecule has 2 aliphatic rings. The van der Waals surface area contributed by atoms with E-state index in [1.807, 2.05) is 13.8 Å². The molecule has 4 heterocycles. The standard InChI is InChI=1S/C14H17N5O4S/c1-14(2)22-9-7(3-24)21-13(10(9)23-14)19-5-17-8-11(18-6-20)15-4-16-12(8)19/h4-7,9-10,13,24H,3H2,1-2H3,(H,15,16,18,20)/t7-,9-,10-,13-/m1/s1. The Morgan fingerprint density at radius 3 is 2.88 bits per heavy atom. The summed E-state index contributed by atoms with van der Waals surface area (Å²) in [4.78, 5) is 23.3. The van der Waals surface area contributed by atoms with Crippen molar-refractivity contribution in [1.29, 1.82) is 0 Å². The lowest BCUT2D eigenvalue weighted by molar-refractivity contribution is -0.193. The van der Waals surface area contributed by atoms with E-state index in [9.17, 15) is 4.79 Å². The third-order valence-electron chi connectivity index (χ3n) is 4.13. The zero-order valence-corrected chi connectivity index (χ0v) is 14.0. The summed E-state index contributed by atoms with van der Waals surface area (Å²) in [5.74, 6) is 0.170. The molecule has 4 rings (SSSR count). The Bertz CT molecular complexity index is 782. The number of aromatic nitrogens is 4. The van der Waals surface area contributed by atoms with Gasteiger partial charge < -0.3 is 19.5 Å². The Morgan fingerprint density at radius 1 is 1.33 bits per heavy atom. The van der Waals surface area contributed by atoms with E-state index in [-0.39, 0.29) is 18.3 Å². The van der Waals surface area contributed by atoms with Crippen molar-refractivity contribution < 1.29 is 19.0 Å². The van der Waals surface area contributed by atoms with Gasteiger partial charge in [-0.2, -0.15) is 12.6 Å². The highest BCUT2D eigenvalue weighted by Gasteiger charge is 2.55. The molecule has 0 unspecified atom stereocenters. The van der Waals surface area contributed by atoms with E-state index in [1.165, 1.54) is 6.33 Å². The van der Waals surface area contributed by atoms with E-state index < -0.39 is 12.0 Å². The van der Waals surface area contributed by atoms with Crippen LogP contribution in [0.1, 0.15) is 20.1 Å². The van der Waals surface area contributed by atoms with Gasteiger partial charge in [-0.15, -0.1) is 0 Å². The number of carbonyl (C=O) groups excluding carboxylic acids is 1. The van der Waals surface area contributed by atoms with Crippen LogP contribution in [-0.2, 0) is 19.0 Å². The third kappa shape index (κ3) is 2.37. The Morgan fingerprint density at radius 2 is 2.12 bits per heavy atom. The molecule has 2 fully saturated rings. The first kappa shape index (κ1) is 15.8. The van der Waals surface area contributed by atoms with Gasteiger partial charge in [-0.3, -0.25) is 9.36 Å². The minimum absolute atomic E-state index is 0.197. The van der Waals surface area contributed by atoms with Crippen LogP contribution in [0.15, 0.2) is 12.7 Å². The largest absolute Gasteiger partial charge is 0.348 e. The highest BCUT2D eigenvalue weighted by Crippen LogP contribution is 2.44. The van der Waals surface area contributed by atoms with Gasteiger partial charge >= 0.3 is 0 Å². The summed E-state index contributed by atoms with van der Waals surface area (Å²) in [6.07, 6.45) is 2.37. The van der Waals surface area contributed by atoms with Gasteiger partial charge in [0, 0.05) is 5.75 Å². The monoisotopic (exact) mass is 351 g/mol. The first-order chi connectivity index (χ1) is 11.5. The van der Waals surface area contributed by atoms with Crippen LogP contribution in [0.2, 0.25) is 0 Å². The Labute approximate surface area is 143 Å². The van der Waals surface area contributed by atoms with Gasteiger partial charge in [-0.25, -0.2) is 15.0 Å². The Balaban J connectivity index is 1.75. The molecule has 24 heavy (non-hydrogen) atoms. The number of amides is 1. The number of anilines is 1. The minimum atomic E-state index is -0.686. The maximum atomic E-state index is 10.7. The third-order valence-corrected chi connectivity index (χ3v) is 4.49. The fourth-order valence-corrected chi connectivity index (χ4v) is 3.52. The van der Waals surface area contributed by atoms with Crippen molar-refractivity contribution in [3.8, 4) is 0 Å². The van der Waals surface area contributed by atoms with E-state index in [0.717, 1.165) is 0 Å². The number of carbonyl (C=O) groups is 1. The molecule has 0 bridgehead atoms. The number of fused-ring (bicyclic) bond motifs is 2. The van der Waals surface area contributed by atoms with Gasteiger partial charge in [0.05, 0.1) is 12.4 Å². The molecule has 2 saturated heterocycles. The number of ether oxygens (including phenoxy) is 3. The molecule has 1 N–H and O–H groups in total. The lowest BCUT2D eigenvalue weighted by Gasteiger charge is -2.24. The summed E-state index contributed by atoms with van der Waals surface area (Å²) < 4.78 is 19.8. The normalized spacial score (nSPS) is 31.3. The number of hydrogen-bond donors (Lipinski definition) is 2. The molecule has 4 atom stereocenters. The zero-order valence-electron chi connectivity index (χ0n) is 13.1. The highest BCUT2D eigenvalue weighted by atomic mass is 32.1. The fraction of sp³-hybridized carbons (Fsp3) is 0.571. The SMILES string of the molecule is CC1(C)O[C@@H]2[C@H](O1)[C@@H](CS)O[C@H]2n1cnc2c(NC=O)ncnc21. The average molecular weight is 351 g/mol. The summed E-state index contributed by atoms with van der Waals surface area (Å²) in [5, 5.41) is 2.52. The minimum Gasteiger partial charge on any atom is -0.348 e. The van der Waals surface area contributed by atoms with Gasteiger partial charge in [0.2, 0.25) is 6.41 Å². The van der Waals surface area contributed by atoms with Crippen molar-refractivity contribution in [3.05, 3.63) is 12.7 Å². The lowest BCUT2D eigenvalue weighted by atomic mass is 10.1. The second kappa shape index (κ2) is 5.66. The summed E-state index contributed by atoms with van der Waals surface area (Å²) in [7, 11) is 0. The van der Waals surface area contributed by atoms with Crippen molar-refractivity contribution in [1.82, 2.24) is 19.5 Å². The number of rotatable bonds is 4. The first-order valence-electron chi connectivity index (χ1n) is 7.54. The van der Waals surface area contributed by atoms with Gasteiger partial charge in [-0.1, -0.05) is 0 Å². The molecule has 0 aliphatic carbocycles. The van der Waals surface area contributed by atoms with Gasteiger partial charge in [0.25, 0.3) is 0 Å². The van der Waals surface area contributed by atoms with Crippen LogP contribution in [0.25, 0.3) is 11.2 Å². The predicted octanol–water partition coefficient (Wildman–Crippen LogP) is 0.742. The van der Waals surface area contributed by atoms with Crippen molar-refractivity contribution in [2.45, 2.75) is 44.2 Å². The number of thiol groups is 1. The number of nitrogens with one attached hydrogen (secondary N) is 1. The van der Waals surface area contributed by atoms with Crippen LogP contribution in [-0.4, -0.2) is 55.8 Å². The summed E-state index contributed by atoms with van der Waals surface area (Å²) in [5.41, 5.74) is 1.03. The first-order valence-corrected chi connectivity index (χ1v) is 8.17. The second-order valence-corrected chi connectivity index (χ2v) is 6.49. The smallest absolute Gasteiger partial charge is 0.212 e. The maximum Gasteiger partial charge on any atom is 0.212 e. The topological polar surface area (TPSA) is 100 Å². The van der Waals surface area contributed by atoms with Crippen LogP contribution in [0.4, 0.5) is 5.82 Å². The van der Waals surface area contributed by atoms with E-state index in [0.29, 0.717) is 29.1 Å².